The maximum Gasteiger partial charge on any atom is 0.342 e. The van der Waals surface area contributed by atoms with E-state index in [-0.39, 0.29) is 23.8 Å². The van der Waals surface area contributed by atoms with E-state index in [1.165, 1.54) is 6.07 Å². The van der Waals surface area contributed by atoms with Crippen LogP contribution in [0.3, 0.4) is 0 Å². The van der Waals surface area contributed by atoms with Gasteiger partial charge in [-0.3, -0.25) is 4.79 Å². The number of phenols is 1. The first-order valence-corrected chi connectivity index (χ1v) is 5.78. The Morgan fingerprint density at radius 2 is 2.11 bits per heavy atom. The average Bonchev–Trinajstić information content (AvgIpc) is 2.36. The summed E-state index contributed by atoms with van der Waals surface area (Å²) >= 11 is 0. The molecule has 5 nitrogen and oxygen atoms in total. The summed E-state index contributed by atoms with van der Waals surface area (Å²) in [5.41, 5.74) is 0.651. The van der Waals surface area contributed by atoms with E-state index in [9.17, 15) is 14.7 Å². The summed E-state index contributed by atoms with van der Waals surface area (Å²) in [6.45, 7) is 3.81. The molecular weight excluding hydrogens is 234 g/mol. The number of ether oxygens (including phenoxy) is 1. The molecule has 2 N–H and O–H groups in total. The van der Waals surface area contributed by atoms with Gasteiger partial charge in [0.1, 0.15) is 11.3 Å². The number of para-hydroxylation sites is 1. The van der Waals surface area contributed by atoms with Crippen molar-refractivity contribution in [2.24, 2.45) is 0 Å². The van der Waals surface area contributed by atoms with Crippen LogP contribution in [0.5, 0.6) is 5.75 Å². The molecule has 5 heteroatoms. The number of carbonyl (C=O) groups is 2. The van der Waals surface area contributed by atoms with E-state index in [1.807, 2.05) is 6.92 Å². The molecule has 0 bridgehead atoms. The highest BCUT2D eigenvalue weighted by Crippen LogP contribution is 2.21. The molecule has 0 aliphatic rings. The van der Waals surface area contributed by atoms with Crippen LogP contribution in [0.15, 0.2) is 18.2 Å². The fourth-order valence-corrected chi connectivity index (χ4v) is 1.35. The minimum Gasteiger partial charge on any atom is -0.507 e. The highest BCUT2D eigenvalue weighted by atomic mass is 16.5. The predicted molar refractivity (Wildman–Crippen MR) is 66.4 cm³/mol. The zero-order chi connectivity index (χ0) is 13.5. The molecular formula is C13H17NO4. The molecule has 98 valence electrons. The largest absolute Gasteiger partial charge is 0.507 e. The smallest absolute Gasteiger partial charge is 0.342 e. The second-order valence-electron chi connectivity index (χ2n) is 3.90. The summed E-state index contributed by atoms with van der Waals surface area (Å²) in [6, 6.07) is 4.78. The molecule has 0 radical (unpaired) electrons. The lowest BCUT2D eigenvalue weighted by molar-refractivity contribution is -0.124. The van der Waals surface area contributed by atoms with Crippen molar-refractivity contribution >= 4 is 11.9 Å². The molecule has 18 heavy (non-hydrogen) atoms. The average molecular weight is 251 g/mol. The number of amides is 1. The third-order valence-electron chi connectivity index (χ3n) is 2.36. The van der Waals surface area contributed by atoms with Gasteiger partial charge in [-0.15, -0.1) is 0 Å². The number of nitrogens with one attached hydrogen (secondary N) is 1. The molecule has 0 aliphatic heterocycles. The third kappa shape index (κ3) is 3.76. The first-order chi connectivity index (χ1) is 8.56. The SMILES string of the molecule is CCCNC(=O)COC(=O)c1cccc(C)c1O. The summed E-state index contributed by atoms with van der Waals surface area (Å²) in [5, 5.41) is 12.3. The minimum absolute atomic E-state index is 0.0679. The first-order valence-electron chi connectivity index (χ1n) is 5.78. The van der Waals surface area contributed by atoms with Gasteiger partial charge in [0.15, 0.2) is 6.61 Å². The van der Waals surface area contributed by atoms with Gasteiger partial charge in [-0.1, -0.05) is 19.1 Å². The van der Waals surface area contributed by atoms with Gasteiger partial charge in [0, 0.05) is 6.54 Å². The third-order valence-corrected chi connectivity index (χ3v) is 2.36. The summed E-state index contributed by atoms with van der Waals surface area (Å²) in [4.78, 5) is 22.9. The topological polar surface area (TPSA) is 75.6 Å². The zero-order valence-electron chi connectivity index (χ0n) is 10.5. The lowest BCUT2D eigenvalue weighted by Gasteiger charge is -2.07. The van der Waals surface area contributed by atoms with Crippen LogP contribution < -0.4 is 5.32 Å². The molecule has 0 aliphatic carbocycles. The number of hydrogen-bond donors (Lipinski definition) is 2. The predicted octanol–water partition coefficient (Wildman–Crippen LogP) is 1.38. The van der Waals surface area contributed by atoms with Crippen molar-refractivity contribution < 1.29 is 19.4 Å². The summed E-state index contributed by atoms with van der Waals surface area (Å²) in [7, 11) is 0. The summed E-state index contributed by atoms with van der Waals surface area (Å²) in [5.74, 6) is -1.17. The molecule has 0 aromatic heterocycles. The zero-order valence-corrected chi connectivity index (χ0v) is 10.5. The highest BCUT2D eigenvalue weighted by Gasteiger charge is 2.15. The molecule has 1 aromatic rings. The van der Waals surface area contributed by atoms with Gasteiger partial charge in [-0.05, 0) is 25.0 Å². The van der Waals surface area contributed by atoms with E-state index in [0.717, 1.165) is 6.42 Å². The van der Waals surface area contributed by atoms with Gasteiger partial charge in [-0.2, -0.15) is 0 Å². The normalized spacial score (nSPS) is 9.89. The van der Waals surface area contributed by atoms with Crippen LogP contribution in [0.4, 0.5) is 0 Å². The maximum atomic E-state index is 11.6. The Balaban J connectivity index is 2.55. The van der Waals surface area contributed by atoms with E-state index in [1.54, 1.807) is 19.1 Å². The van der Waals surface area contributed by atoms with Crippen molar-refractivity contribution in [3.8, 4) is 5.75 Å². The highest BCUT2D eigenvalue weighted by molar-refractivity contribution is 5.94. The van der Waals surface area contributed by atoms with Crippen LogP contribution in [-0.2, 0) is 9.53 Å². The van der Waals surface area contributed by atoms with E-state index < -0.39 is 5.97 Å². The fourth-order valence-electron chi connectivity index (χ4n) is 1.35. The molecule has 0 spiro atoms. The molecule has 1 amide bonds. The Hall–Kier alpha value is -2.04. The van der Waals surface area contributed by atoms with Crippen molar-refractivity contribution in [1.82, 2.24) is 5.32 Å². The molecule has 0 unspecified atom stereocenters. The quantitative estimate of drug-likeness (QED) is 0.775. The number of aromatic hydroxyl groups is 1. The fraction of sp³-hybridized carbons (Fsp3) is 0.385. The van der Waals surface area contributed by atoms with Crippen molar-refractivity contribution in [2.45, 2.75) is 20.3 Å². The maximum absolute atomic E-state index is 11.6. The van der Waals surface area contributed by atoms with Crippen LogP contribution in [0, 0.1) is 6.92 Å². The Morgan fingerprint density at radius 1 is 1.39 bits per heavy atom. The number of benzene rings is 1. The van der Waals surface area contributed by atoms with Gasteiger partial charge in [0.25, 0.3) is 5.91 Å². The van der Waals surface area contributed by atoms with Crippen molar-refractivity contribution in [2.75, 3.05) is 13.2 Å². The first kappa shape index (κ1) is 14.0. The second kappa shape index (κ2) is 6.64. The molecule has 0 saturated carbocycles. The Kier molecular flexibility index (Phi) is 5.17. The van der Waals surface area contributed by atoms with Gasteiger partial charge in [-0.25, -0.2) is 4.79 Å². The molecule has 1 aromatic carbocycles. The molecule has 0 saturated heterocycles. The lowest BCUT2D eigenvalue weighted by Crippen LogP contribution is -2.29. The number of hydrogen-bond acceptors (Lipinski definition) is 4. The molecule has 1 rings (SSSR count). The van der Waals surface area contributed by atoms with Gasteiger partial charge < -0.3 is 15.2 Å². The summed E-state index contributed by atoms with van der Waals surface area (Å²) < 4.78 is 4.81. The van der Waals surface area contributed by atoms with E-state index >= 15 is 0 Å². The molecule has 0 atom stereocenters. The monoisotopic (exact) mass is 251 g/mol. The van der Waals surface area contributed by atoms with Crippen LogP contribution in [0.1, 0.15) is 29.3 Å². The number of phenolic OH excluding ortho intramolecular Hbond substituents is 1. The van der Waals surface area contributed by atoms with Crippen molar-refractivity contribution in [1.29, 1.82) is 0 Å². The van der Waals surface area contributed by atoms with Crippen LogP contribution in [0.25, 0.3) is 0 Å². The summed E-state index contributed by atoms with van der Waals surface area (Å²) in [6.07, 6.45) is 0.818. The number of esters is 1. The van der Waals surface area contributed by atoms with Crippen molar-refractivity contribution in [3.63, 3.8) is 0 Å². The Labute approximate surface area is 106 Å². The number of aryl methyl sites for hydroxylation is 1. The minimum atomic E-state index is -0.706. The van der Waals surface area contributed by atoms with Crippen LogP contribution in [0.2, 0.25) is 0 Å². The lowest BCUT2D eigenvalue weighted by atomic mass is 10.1. The van der Waals surface area contributed by atoms with Gasteiger partial charge in [0.2, 0.25) is 0 Å². The van der Waals surface area contributed by atoms with Gasteiger partial charge >= 0.3 is 5.97 Å². The molecule has 0 heterocycles. The van der Waals surface area contributed by atoms with E-state index in [4.69, 9.17) is 4.74 Å². The Bertz CT molecular complexity index is 443. The number of rotatable bonds is 5. The Morgan fingerprint density at radius 3 is 2.78 bits per heavy atom. The number of carbonyl (C=O) groups excluding carboxylic acids is 2. The van der Waals surface area contributed by atoms with Crippen molar-refractivity contribution in [3.05, 3.63) is 29.3 Å². The van der Waals surface area contributed by atoms with E-state index in [2.05, 4.69) is 5.32 Å². The van der Waals surface area contributed by atoms with E-state index in [0.29, 0.717) is 12.1 Å². The molecule has 0 fully saturated rings. The van der Waals surface area contributed by atoms with Gasteiger partial charge in [0.05, 0.1) is 0 Å². The standard InChI is InChI=1S/C13H17NO4/c1-3-7-14-11(15)8-18-13(17)10-6-4-5-9(2)12(10)16/h4-6,16H,3,7-8H2,1-2H3,(H,14,15). The van der Waals surface area contributed by atoms with Crippen LogP contribution >= 0.6 is 0 Å². The second-order valence-corrected chi connectivity index (χ2v) is 3.90. The van der Waals surface area contributed by atoms with Crippen LogP contribution in [-0.4, -0.2) is 30.1 Å².